The topological polar surface area (TPSA) is 106 Å². The van der Waals surface area contributed by atoms with Gasteiger partial charge in [-0.1, -0.05) is 28.1 Å². The lowest BCUT2D eigenvalue weighted by Gasteiger charge is -2.25. The Bertz CT molecular complexity index is 1610. The number of hydrogen-bond donors (Lipinski definition) is 1. The number of nitrogens with zero attached hydrogens (tertiary/aromatic N) is 6. The third-order valence-corrected chi connectivity index (χ3v) is 6.21. The molecule has 0 atom stereocenters. The molecule has 186 valence electrons. The monoisotopic (exact) mass is 562 g/mol. The summed E-state index contributed by atoms with van der Waals surface area (Å²) in [5.74, 6) is -2.75. The molecule has 0 bridgehead atoms. The summed E-state index contributed by atoms with van der Waals surface area (Å²) in [5.41, 5.74) is 2.48. The number of carboxylic acid groups (broad SMARTS) is 1. The summed E-state index contributed by atoms with van der Waals surface area (Å²) in [6, 6.07) is 14.4. The number of rotatable bonds is 6. The van der Waals surface area contributed by atoms with Gasteiger partial charge in [-0.3, -0.25) is 9.69 Å². The predicted octanol–water partition coefficient (Wildman–Crippen LogP) is 5.24. The van der Waals surface area contributed by atoms with E-state index < -0.39 is 23.7 Å². The summed E-state index contributed by atoms with van der Waals surface area (Å²) in [5, 5.41) is 18.8. The second-order valence-corrected chi connectivity index (χ2v) is 9.42. The van der Waals surface area contributed by atoms with Crippen molar-refractivity contribution >= 4 is 39.3 Å². The maximum absolute atomic E-state index is 14.6. The van der Waals surface area contributed by atoms with Crippen LogP contribution in [0.4, 0.5) is 10.2 Å². The SMILES string of the molecule is CC(C)N(C(=O)c1ccc(Br)cc1F)c1nn(-c2ccc(-c3cc4ncccn4n3)cc2)cc1C(=O)O. The fourth-order valence-electron chi connectivity index (χ4n) is 3.95. The van der Waals surface area contributed by atoms with Crippen LogP contribution in [0.25, 0.3) is 22.6 Å². The van der Waals surface area contributed by atoms with Gasteiger partial charge in [0.15, 0.2) is 11.5 Å². The van der Waals surface area contributed by atoms with Crippen molar-refractivity contribution in [3.63, 3.8) is 0 Å². The first kappa shape index (κ1) is 24.3. The normalized spacial score (nSPS) is 11.3. The zero-order chi connectivity index (χ0) is 26.3. The molecule has 0 radical (unpaired) electrons. The van der Waals surface area contributed by atoms with Crippen LogP contribution in [0.1, 0.15) is 34.6 Å². The van der Waals surface area contributed by atoms with E-state index in [0.29, 0.717) is 15.8 Å². The minimum atomic E-state index is -1.26. The summed E-state index contributed by atoms with van der Waals surface area (Å²) < 4.78 is 18.1. The molecule has 2 aromatic carbocycles. The van der Waals surface area contributed by atoms with Crippen LogP contribution in [-0.4, -0.2) is 47.4 Å². The van der Waals surface area contributed by atoms with Crippen LogP contribution in [0.5, 0.6) is 0 Å². The molecular formula is C26H20BrFN6O3. The van der Waals surface area contributed by atoms with E-state index in [2.05, 4.69) is 31.1 Å². The first-order valence-electron chi connectivity index (χ1n) is 11.3. The number of aromatic nitrogens is 5. The van der Waals surface area contributed by atoms with Gasteiger partial charge in [-0.15, -0.1) is 5.10 Å². The molecule has 37 heavy (non-hydrogen) atoms. The molecule has 5 aromatic rings. The second-order valence-electron chi connectivity index (χ2n) is 8.51. The van der Waals surface area contributed by atoms with Crippen LogP contribution < -0.4 is 4.90 Å². The van der Waals surface area contributed by atoms with Gasteiger partial charge in [0.2, 0.25) is 0 Å². The molecule has 0 spiro atoms. The molecule has 0 saturated heterocycles. The molecule has 0 fully saturated rings. The number of carbonyl (C=O) groups excluding carboxylic acids is 1. The van der Waals surface area contributed by atoms with E-state index in [1.54, 1.807) is 55.0 Å². The molecular weight excluding hydrogens is 543 g/mol. The largest absolute Gasteiger partial charge is 0.477 e. The first-order chi connectivity index (χ1) is 17.7. The Morgan fingerprint density at radius 2 is 1.81 bits per heavy atom. The van der Waals surface area contributed by atoms with Crippen LogP contribution in [0.2, 0.25) is 0 Å². The van der Waals surface area contributed by atoms with E-state index in [1.165, 1.54) is 27.9 Å². The number of halogens is 2. The number of aromatic carboxylic acids is 1. The van der Waals surface area contributed by atoms with Crippen molar-refractivity contribution in [3.8, 4) is 16.9 Å². The van der Waals surface area contributed by atoms with E-state index >= 15 is 0 Å². The summed E-state index contributed by atoms with van der Waals surface area (Å²) in [6.45, 7) is 3.41. The quantitative estimate of drug-likeness (QED) is 0.303. The highest BCUT2D eigenvalue weighted by Crippen LogP contribution is 2.27. The van der Waals surface area contributed by atoms with Gasteiger partial charge in [-0.2, -0.15) is 5.10 Å². The molecule has 0 saturated carbocycles. The average Bonchev–Trinajstić information content (AvgIpc) is 3.49. The standard InChI is InChI=1S/C26H20BrFN6O3/c1-15(2)34(25(35)19-9-6-17(27)12-21(19)28)24-20(26(36)37)14-33(31-24)18-7-4-16(5-8-18)22-13-23-29-10-3-11-32(23)30-22/h3-15H,1-2H3,(H,36,37). The number of benzene rings is 2. The van der Waals surface area contributed by atoms with Crippen LogP contribution in [-0.2, 0) is 0 Å². The average molecular weight is 563 g/mol. The molecule has 1 N–H and O–H groups in total. The summed E-state index contributed by atoms with van der Waals surface area (Å²) in [6.07, 6.45) is 4.83. The highest BCUT2D eigenvalue weighted by molar-refractivity contribution is 9.10. The van der Waals surface area contributed by atoms with Crippen LogP contribution in [0.15, 0.2) is 77.7 Å². The van der Waals surface area contributed by atoms with Crippen molar-refractivity contribution in [1.29, 1.82) is 0 Å². The predicted molar refractivity (Wildman–Crippen MR) is 139 cm³/mol. The Hall–Kier alpha value is -4.38. The van der Waals surface area contributed by atoms with Crippen molar-refractivity contribution in [1.82, 2.24) is 24.4 Å². The zero-order valence-corrected chi connectivity index (χ0v) is 21.3. The van der Waals surface area contributed by atoms with Crippen molar-refractivity contribution in [3.05, 3.63) is 94.6 Å². The fourth-order valence-corrected chi connectivity index (χ4v) is 4.28. The van der Waals surface area contributed by atoms with Gasteiger partial charge in [0.1, 0.15) is 11.4 Å². The summed E-state index contributed by atoms with van der Waals surface area (Å²) in [4.78, 5) is 30.9. The molecule has 11 heteroatoms. The van der Waals surface area contributed by atoms with E-state index in [1.807, 2.05) is 18.2 Å². The lowest BCUT2D eigenvalue weighted by atomic mass is 10.1. The molecule has 1 amide bonds. The molecule has 0 unspecified atom stereocenters. The lowest BCUT2D eigenvalue weighted by Crippen LogP contribution is -2.38. The minimum absolute atomic E-state index is 0.0784. The summed E-state index contributed by atoms with van der Waals surface area (Å²) >= 11 is 3.18. The Balaban J connectivity index is 1.52. The lowest BCUT2D eigenvalue weighted by molar-refractivity contribution is 0.0697. The van der Waals surface area contributed by atoms with Gasteiger partial charge in [0.05, 0.1) is 16.9 Å². The van der Waals surface area contributed by atoms with Gasteiger partial charge in [0.25, 0.3) is 5.91 Å². The molecule has 3 aromatic heterocycles. The van der Waals surface area contributed by atoms with Crippen LogP contribution in [0, 0.1) is 5.82 Å². The van der Waals surface area contributed by atoms with Gasteiger partial charge in [-0.25, -0.2) is 23.4 Å². The molecule has 0 aliphatic carbocycles. The molecule has 5 rings (SSSR count). The number of hydrogen-bond acceptors (Lipinski definition) is 5. The molecule has 0 aliphatic rings. The Labute approximate surface area is 218 Å². The fraction of sp³-hybridized carbons (Fsp3) is 0.115. The van der Waals surface area contributed by atoms with Crippen LogP contribution >= 0.6 is 15.9 Å². The zero-order valence-electron chi connectivity index (χ0n) is 19.7. The Kier molecular flexibility index (Phi) is 6.30. The van der Waals surface area contributed by atoms with E-state index in [0.717, 1.165) is 11.3 Å². The van der Waals surface area contributed by atoms with Crippen molar-refractivity contribution < 1.29 is 19.1 Å². The molecule has 9 nitrogen and oxygen atoms in total. The van der Waals surface area contributed by atoms with E-state index in [4.69, 9.17) is 0 Å². The number of carbonyl (C=O) groups is 2. The number of carboxylic acids is 1. The number of fused-ring (bicyclic) bond motifs is 1. The number of amides is 1. The highest BCUT2D eigenvalue weighted by Gasteiger charge is 2.30. The minimum Gasteiger partial charge on any atom is -0.477 e. The third kappa shape index (κ3) is 4.60. The number of anilines is 1. The van der Waals surface area contributed by atoms with Crippen molar-refractivity contribution in [2.75, 3.05) is 4.90 Å². The smallest absolute Gasteiger partial charge is 0.341 e. The van der Waals surface area contributed by atoms with Gasteiger partial charge in [-0.05, 0) is 50.2 Å². The maximum Gasteiger partial charge on any atom is 0.341 e. The third-order valence-electron chi connectivity index (χ3n) is 5.71. The van der Waals surface area contributed by atoms with Crippen LogP contribution in [0.3, 0.4) is 0 Å². The Morgan fingerprint density at radius 3 is 2.46 bits per heavy atom. The van der Waals surface area contributed by atoms with Gasteiger partial charge < -0.3 is 5.11 Å². The first-order valence-corrected chi connectivity index (χ1v) is 12.0. The van der Waals surface area contributed by atoms with Gasteiger partial charge >= 0.3 is 5.97 Å². The van der Waals surface area contributed by atoms with Gasteiger partial charge in [0, 0.05) is 40.7 Å². The second kappa shape index (κ2) is 9.58. The molecule has 3 heterocycles. The molecule has 0 aliphatic heterocycles. The van der Waals surface area contributed by atoms with E-state index in [9.17, 15) is 19.1 Å². The summed E-state index contributed by atoms with van der Waals surface area (Å²) in [7, 11) is 0. The highest BCUT2D eigenvalue weighted by atomic mass is 79.9. The van der Waals surface area contributed by atoms with E-state index in [-0.39, 0.29) is 16.9 Å². The van der Waals surface area contributed by atoms with Crippen molar-refractivity contribution in [2.24, 2.45) is 0 Å². The van der Waals surface area contributed by atoms with Crippen molar-refractivity contribution in [2.45, 2.75) is 19.9 Å². The Morgan fingerprint density at radius 1 is 1.05 bits per heavy atom. The maximum atomic E-state index is 14.6.